The molecule has 0 amide bonds. The number of thiocarbonyl (C=S) groups is 1. The Hall–Kier alpha value is -2.22. The van der Waals surface area contributed by atoms with Crippen LogP contribution < -0.4 is 10.6 Å². The van der Waals surface area contributed by atoms with Gasteiger partial charge in [-0.25, -0.2) is 14.1 Å². The second-order valence-corrected chi connectivity index (χ2v) is 6.27. The van der Waals surface area contributed by atoms with E-state index in [0.717, 1.165) is 5.56 Å². The fourth-order valence-electron chi connectivity index (χ4n) is 2.11. The first-order valence-electron chi connectivity index (χ1n) is 7.17. The second kappa shape index (κ2) is 7.77. The van der Waals surface area contributed by atoms with Crippen molar-refractivity contribution in [3.05, 3.63) is 70.2 Å². The number of nitrogens with zero attached hydrogens (tertiary/aromatic N) is 3. The molecule has 0 radical (unpaired) electrons. The minimum Gasteiger partial charge on any atom is -0.331 e. The minimum absolute atomic E-state index is 0.271. The summed E-state index contributed by atoms with van der Waals surface area (Å²) in [4.78, 5) is 4.12. The van der Waals surface area contributed by atoms with Crippen LogP contribution in [-0.4, -0.2) is 19.9 Å². The van der Waals surface area contributed by atoms with E-state index in [1.165, 1.54) is 18.5 Å². The quantitative estimate of drug-likeness (QED) is 0.633. The Labute approximate surface area is 158 Å². The molecule has 0 unspecified atom stereocenters. The summed E-state index contributed by atoms with van der Waals surface area (Å²) in [5.41, 5.74) is 1.36. The van der Waals surface area contributed by atoms with Gasteiger partial charge in [0.2, 0.25) is 5.95 Å². The molecule has 0 aliphatic rings. The third-order valence-electron chi connectivity index (χ3n) is 3.20. The summed E-state index contributed by atoms with van der Waals surface area (Å²) < 4.78 is 14.8. The number of hydrogen-bond acceptors (Lipinski definition) is 3. The standard InChI is InChI=1S/C16H12Cl2FN5S/c17-12-5-2-6-13(14(12)18)21-16(25)22-15-20-9-24(23-15)8-10-3-1-4-11(19)7-10/h1-7,9H,8H2,(H2,21,22,23,25). The van der Waals surface area contributed by atoms with Gasteiger partial charge in [-0.3, -0.25) is 5.32 Å². The van der Waals surface area contributed by atoms with Crippen LogP contribution in [0.1, 0.15) is 5.56 Å². The minimum atomic E-state index is -0.292. The monoisotopic (exact) mass is 395 g/mol. The van der Waals surface area contributed by atoms with Crippen molar-refractivity contribution in [3.8, 4) is 0 Å². The van der Waals surface area contributed by atoms with Crippen molar-refractivity contribution in [2.45, 2.75) is 6.54 Å². The van der Waals surface area contributed by atoms with Crippen LogP contribution in [0.25, 0.3) is 0 Å². The summed E-state index contributed by atoms with van der Waals surface area (Å²) in [6, 6.07) is 11.5. The van der Waals surface area contributed by atoms with Gasteiger partial charge in [0.15, 0.2) is 5.11 Å². The fourth-order valence-corrected chi connectivity index (χ4v) is 2.65. The average molecular weight is 396 g/mol. The van der Waals surface area contributed by atoms with Crippen molar-refractivity contribution in [1.29, 1.82) is 0 Å². The second-order valence-electron chi connectivity index (χ2n) is 5.08. The van der Waals surface area contributed by atoms with E-state index in [4.69, 9.17) is 35.4 Å². The molecule has 0 aliphatic carbocycles. The Kier molecular flexibility index (Phi) is 5.47. The van der Waals surface area contributed by atoms with Gasteiger partial charge in [0, 0.05) is 0 Å². The predicted octanol–water partition coefficient (Wildman–Crippen LogP) is 4.58. The van der Waals surface area contributed by atoms with Crippen LogP contribution in [0.15, 0.2) is 48.8 Å². The van der Waals surface area contributed by atoms with Crippen molar-refractivity contribution in [3.63, 3.8) is 0 Å². The van der Waals surface area contributed by atoms with Crippen LogP contribution in [0.4, 0.5) is 16.0 Å². The summed E-state index contributed by atoms with van der Waals surface area (Å²) >= 11 is 17.3. The number of benzene rings is 2. The van der Waals surface area contributed by atoms with E-state index < -0.39 is 0 Å². The van der Waals surface area contributed by atoms with Crippen molar-refractivity contribution in [2.24, 2.45) is 0 Å². The molecule has 5 nitrogen and oxygen atoms in total. The number of nitrogens with one attached hydrogen (secondary N) is 2. The molecule has 1 heterocycles. The van der Waals surface area contributed by atoms with E-state index in [9.17, 15) is 4.39 Å². The van der Waals surface area contributed by atoms with E-state index in [1.807, 2.05) is 6.07 Å². The zero-order valence-electron chi connectivity index (χ0n) is 12.7. The Morgan fingerprint density at radius 3 is 2.76 bits per heavy atom. The van der Waals surface area contributed by atoms with E-state index in [0.29, 0.717) is 28.2 Å². The van der Waals surface area contributed by atoms with Crippen LogP contribution >= 0.6 is 35.4 Å². The normalized spacial score (nSPS) is 10.5. The summed E-state index contributed by atoms with van der Waals surface area (Å²) in [6.07, 6.45) is 1.53. The SMILES string of the molecule is Fc1cccc(Cn2cnc(NC(=S)Nc3cccc(Cl)c3Cl)n2)c1. The highest BCUT2D eigenvalue weighted by Gasteiger charge is 2.08. The molecule has 0 spiro atoms. The predicted molar refractivity (Wildman–Crippen MR) is 102 cm³/mol. The van der Waals surface area contributed by atoms with Crippen molar-refractivity contribution >= 4 is 52.2 Å². The Morgan fingerprint density at radius 2 is 1.96 bits per heavy atom. The molecule has 0 aliphatic heterocycles. The average Bonchev–Trinajstić information content (AvgIpc) is 2.98. The van der Waals surface area contributed by atoms with Crippen molar-refractivity contribution < 1.29 is 4.39 Å². The molecule has 3 aromatic rings. The molecule has 2 N–H and O–H groups in total. The lowest BCUT2D eigenvalue weighted by molar-refractivity contribution is 0.619. The van der Waals surface area contributed by atoms with Crippen LogP contribution in [0.5, 0.6) is 0 Å². The molecule has 0 saturated carbocycles. The summed E-state index contributed by atoms with van der Waals surface area (Å²) in [5.74, 6) is 0.0202. The highest BCUT2D eigenvalue weighted by atomic mass is 35.5. The van der Waals surface area contributed by atoms with Gasteiger partial charge >= 0.3 is 0 Å². The molecule has 1 aromatic heterocycles. The van der Waals surface area contributed by atoms with Gasteiger partial charge < -0.3 is 5.32 Å². The molecule has 128 valence electrons. The third kappa shape index (κ3) is 4.66. The highest BCUT2D eigenvalue weighted by Crippen LogP contribution is 2.29. The first kappa shape index (κ1) is 17.6. The smallest absolute Gasteiger partial charge is 0.248 e. The Morgan fingerprint density at radius 1 is 1.16 bits per heavy atom. The van der Waals surface area contributed by atoms with Crippen LogP contribution in [-0.2, 0) is 6.54 Å². The summed E-state index contributed by atoms with van der Waals surface area (Å²) in [6.45, 7) is 0.396. The van der Waals surface area contributed by atoms with Gasteiger partial charge in [-0.15, -0.1) is 5.10 Å². The van der Waals surface area contributed by atoms with Gasteiger partial charge in [-0.2, -0.15) is 0 Å². The molecular weight excluding hydrogens is 384 g/mol. The lowest BCUT2D eigenvalue weighted by Gasteiger charge is -2.10. The molecule has 3 rings (SSSR count). The first-order chi connectivity index (χ1) is 12.0. The lowest BCUT2D eigenvalue weighted by atomic mass is 10.2. The zero-order valence-corrected chi connectivity index (χ0v) is 15.0. The Bertz CT molecular complexity index is 915. The maximum absolute atomic E-state index is 13.2. The van der Waals surface area contributed by atoms with E-state index in [1.54, 1.807) is 28.9 Å². The van der Waals surface area contributed by atoms with E-state index in [-0.39, 0.29) is 10.9 Å². The number of halogens is 3. The molecular formula is C16H12Cl2FN5S. The van der Waals surface area contributed by atoms with Crippen LogP contribution in [0.3, 0.4) is 0 Å². The molecule has 0 atom stereocenters. The molecule has 0 bridgehead atoms. The summed E-state index contributed by atoms with van der Waals surface area (Å²) in [5, 5.41) is 11.1. The topological polar surface area (TPSA) is 54.8 Å². The number of aromatic nitrogens is 3. The van der Waals surface area contributed by atoms with Gasteiger partial charge in [0.05, 0.1) is 22.3 Å². The highest BCUT2D eigenvalue weighted by molar-refractivity contribution is 7.80. The lowest BCUT2D eigenvalue weighted by Crippen LogP contribution is -2.20. The number of anilines is 2. The largest absolute Gasteiger partial charge is 0.331 e. The summed E-state index contributed by atoms with van der Waals surface area (Å²) in [7, 11) is 0. The first-order valence-corrected chi connectivity index (χ1v) is 8.33. The van der Waals surface area contributed by atoms with E-state index >= 15 is 0 Å². The number of rotatable bonds is 4. The molecule has 0 fully saturated rings. The molecule has 9 heteroatoms. The van der Waals surface area contributed by atoms with Crippen molar-refractivity contribution in [2.75, 3.05) is 10.6 Å². The van der Waals surface area contributed by atoms with Crippen LogP contribution in [0.2, 0.25) is 10.0 Å². The van der Waals surface area contributed by atoms with Gasteiger partial charge in [0.1, 0.15) is 12.1 Å². The third-order valence-corrected chi connectivity index (χ3v) is 4.22. The van der Waals surface area contributed by atoms with Crippen LogP contribution in [0, 0.1) is 5.82 Å². The van der Waals surface area contributed by atoms with Gasteiger partial charge in [0.25, 0.3) is 0 Å². The molecule has 0 saturated heterocycles. The number of hydrogen-bond donors (Lipinski definition) is 2. The maximum Gasteiger partial charge on any atom is 0.248 e. The maximum atomic E-state index is 13.2. The van der Waals surface area contributed by atoms with Gasteiger partial charge in [-0.05, 0) is 42.0 Å². The van der Waals surface area contributed by atoms with Crippen molar-refractivity contribution in [1.82, 2.24) is 14.8 Å². The van der Waals surface area contributed by atoms with E-state index in [2.05, 4.69) is 20.7 Å². The molecule has 2 aromatic carbocycles. The molecule has 25 heavy (non-hydrogen) atoms. The zero-order chi connectivity index (χ0) is 17.8. The van der Waals surface area contributed by atoms with Gasteiger partial charge in [-0.1, -0.05) is 41.4 Å². The Balaban J connectivity index is 1.63. The fraction of sp³-hybridized carbons (Fsp3) is 0.0625.